The van der Waals surface area contributed by atoms with Crippen LogP contribution in [0.1, 0.15) is 46.5 Å². The molecule has 1 amide bonds. The largest absolute Gasteiger partial charge is 0.444 e. The SMILES string of the molecule is CC(C)(C)OC(=O)NCCNC1CCC2(CC1)OCCO2. The lowest BCUT2D eigenvalue weighted by atomic mass is 9.90. The second-order valence-electron chi connectivity index (χ2n) is 6.76. The van der Waals surface area contributed by atoms with E-state index in [2.05, 4.69) is 10.6 Å². The van der Waals surface area contributed by atoms with Gasteiger partial charge in [-0.1, -0.05) is 0 Å². The van der Waals surface area contributed by atoms with E-state index in [0.717, 1.165) is 45.4 Å². The number of hydrogen-bond acceptors (Lipinski definition) is 5. The smallest absolute Gasteiger partial charge is 0.407 e. The molecular formula is C15H28N2O4. The molecule has 122 valence electrons. The molecule has 0 aromatic heterocycles. The number of alkyl carbamates (subject to hydrolysis) is 1. The third-order valence-electron chi connectivity index (χ3n) is 3.79. The number of rotatable bonds is 4. The number of amides is 1. The summed E-state index contributed by atoms with van der Waals surface area (Å²) in [4.78, 5) is 11.5. The predicted octanol–water partition coefficient (Wildman–Crippen LogP) is 1.79. The average molecular weight is 300 g/mol. The van der Waals surface area contributed by atoms with Crippen molar-refractivity contribution in [3.05, 3.63) is 0 Å². The summed E-state index contributed by atoms with van der Waals surface area (Å²) < 4.78 is 16.6. The molecule has 1 aliphatic carbocycles. The summed E-state index contributed by atoms with van der Waals surface area (Å²) in [6.45, 7) is 8.33. The maximum absolute atomic E-state index is 11.5. The zero-order valence-electron chi connectivity index (χ0n) is 13.4. The molecule has 1 heterocycles. The summed E-state index contributed by atoms with van der Waals surface area (Å²) in [6, 6.07) is 0.476. The normalized spacial score (nSPS) is 22.4. The van der Waals surface area contributed by atoms with E-state index in [1.54, 1.807) is 0 Å². The molecule has 1 saturated heterocycles. The Morgan fingerprint density at radius 2 is 1.81 bits per heavy atom. The molecule has 2 rings (SSSR count). The van der Waals surface area contributed by atoms with Gasteiger partial charge in [-0.05, 0) is 33.6 Å². The van der Waals surface area contributed by atoms with Gasteiger partial charge in [0, 0.05) is 32.0 Å². The van der Waals surface area contributed by atoms with Gasteiger partial charge in [-0.15, -0.1) is 0 Å². The predicted molar refractivity (Wildman–Crippen MR) is 79.1 cm³/mol. The summed E-state index contributed by atoms with van der Waals surface area (Å²) in [7, 11) is 0. The second kappa shape index (κ2) is 6.94. The standard InChI is InChI=1S/C15H28N2O4/c1-14(2,3)21-13(18)17-9-8-16-12-4-6-15(7-5-12)19-10-11-20-15/h12,16H,4-11H2,1-3H3,(H,17,18). The van der Waals surface area contributed by atoms with Crippen LogP contribution in [-0.4, -0.2) is 49.8 Å². The van der Waals surface area contributed by atoms with Crippen LogP contribution < -0.4 is 10.6 Å². The van der Waals surface area contributed by atoms with Gasteiger partial charge in [-0.2, -0.15) is 0 Å². The number of carbonyl (C=O) groups is 1. The Morgan fingerprint density at radius 1 is 1.19 bits per heavy atom. The van der Waals surface area contributed by atoms with E-state index >= 15 is 0 Å². The number of ether oxygens (including phenoxy) is 3. The van der Waals surface area contributed by atoms with Crippen molar-refractivity contribution in [3.8, 4) is 0 Å². The van der Waals surface area contributed by atoms with E-state index in [1.165, 1.54) is 0 Å². The minimum atomic E-state index is -0.448. The van der Waals surface area contributed by atoms with E-state index in [1.807, 2.05) is 20.8 Å². The van der Waals surface area contributed by atoms with Gasteiger partial charge in [-0.25, -0.2) is 4.79 Å². The molecule has 21 heavy (non-hydrogen) atoms. The molecule has 0 unspecified atom stereocenters. The Balaban J connectivity index is 1.55. The van der Waals surface area contributed by atoms with Crippen LogP contribution in [0.5, 0.6) is 0 Å². The molecule has 0 aromatic rings. The molecule has 0 aromatic carbocycles. The highest BCUT2D eigenvalue weighted by atomic mass is 16.7. The van der Waals surface area contributed by atoms with Crippen molar-refractivity contribution in [3.63, 3.8) is 0 Å². The van der Waals surface area contributed by atoms with Crippen LogP contribution >= 0.6 is 0 Å². The van der Waals surface area contributed by atoms with Crippen LogP contribution in [0.15, 0.2) is 0 Å². The van der Waals surface area contributed by atoms with Crippen LogP contribution in [0, 0.1) is 0 Å². The first-order valence-electron chi connectivity index (χ1n) is 7.87. The van der Waals surface area contributed by atoms with Crippen molar-refractivity contribution in [2.75, 3.05) is 26.3 Å². The Hall–Kier alpha value is -0.850. The molecule has 6 heteroatoms. The van der Waals surface area contributed by atoms with Gasteiger partial charge in [0.1, 0.15) is 5.60 Å². The minimum absolute atomic E-state index is 0.299. The number of nitrogens with one attached hydrogen (secondary N) is 2. The van der Waals surface area contributed by atoms with Crippen molar-refractivity contribution in [1.29, 1.82) is 0 Å². The van der Waals surface area contributed by atoms with Crippen molar-refractivity contribution in [2.24, 2.45) is 0 Å². The maximum Gasteiger partial charge on any atom is 0.407 e. The molecule has 0 radical (unpaired) electrons. The third-order valence-corrected chi connectivity index (χ3v) is 3.79. The van der Waals surface area contributed by atoms with Gasteiger partial charge < -0.3 is 24.8 Å². The van der Waals surface area contributed by atoms with Crippen LogP contribution in [0.3, 0.4) is 0 Å². The van der Waals surface area contributed by atoms with Gasteiger partial charge >= 0.3 is 6.09 Å². The van der Waals surface area contributed by atoms with E-state index in [9.17, 15) is 4.79 Å². The van der Waals surface area contributed by atoms with E-state index in [-0.39, 0.29) is 11.9 Å². The fourth-order valence-electron chi connectivity index (χ4n) is 2.80. The number of hydrogen-bond donors (Lipinski definition) is 2. The summed E-state index contributed by atoms with van der Waals surface area (Å²) in [5, 5.41) is 6.22. The highest BCUT2D eigenvalue weighted by molar-refractivity contribution is 5.67. The third kappa shape index (κ3) is 5.45. The molecule has 1 saturated carbocycles. The topological polar surface area (TPSA) is 68.8 Å². The maximum atomic E-state index is 11.5. The molecule has 1 spiro atoms. The molecule has 0 bridgehead atoms. The monoisotopic (exact) mass is 300 g/mol. The van der Waals surface area contributed by atoms with Gasteiger partial charge in [-0.3, -0.25) is 0 Å². The minimum Gasteiger partial charge on any atom is -0.444 e. The van der Waals surface area contributed by atoms with Crippen molar-refractivity contribution >= 4 is 6.09 Å². The van der Waals surface area contributed by atoms with E-state index < -0.39 is 5.60 Å². The van der Waals surface area contributed by atoms with Crippen LogP contribution in [-0.2, 0) is 14.2 Å². The molecule has 2 aliphatic rings. The molecular weight excluding hydrogens is 272 g/mol. The molecule has 0 atom stereocenters. The van der Waals surface area contributed by atoms with Crippen LogP contribution in [0.2, 0.25) is 0 Å². The second-order valence-corrected chi connectivity index (χ2v) is 6.76. The Morgan fingerprint density at radius 3 is 2.38 bits per heavy atom. The highest BCUT2D eigenvalue weighted by Crippen LogP contribution is 2.35. The van der Waals surface area contributed by atoms with Crippen molar-refractivity contribution in [2.45, 2.75) is 63.9 Å². The van der Waals surface area contributed by atoms with E-state index in [4.69, 9.17) is 14.2 Å². The quantitative estimate of drug-likeness (QED) is 0.775. The first-order valence-corrected chi connectivity index (χ1v) is 7.87. The van der Waals surface area contributed by atoms with Crippen LogP contribution in [0.25, 0.3) is 0 Å². The fourth-order valence-corrected chi connectivity index (χ4v) is 2.80. The van der Waals surface area contributed by atoms with Gasteiger partial charge in [0.2, 0.25) is 0 Å². The Kier molecular flexibility index (Phi) is 5.46. The lowest BCUT2D eigenvalue weighted by molar-refractivity contribution is -0.179. The first-order chi connectivity index (χ1) is 9.89. The zero-order valence-corrected chi connectivity index (χ0v) is 13.4. The van der Waals surface area contributed by atoms with Gasteiger partial charge in [0.05, 0.1) is 13.2 Å². The van der Waals surface area contributed by atoms with Crippen molar-refractivity contribution < 1.29 is 19.0 Å². The summed E-state index contributed by atoms with van der Waals surface area (Å²) in [5.41, 5.74) is -0.448. The number of carbonyl (C=O) groups excluding carboxylic acids is 1. The Bertz CT molecular complexity index is 338. The van der Waals surface area contributed by atoms with Gasteiger partial charge in [0.15, 0.2) is 5.79 Å². The molecule has 2 fully saturated rings. The average Bonchev–Trinajstić information content (AvgIpc) is 2.83. The lowest BCUT2D eigenvalue weighted by Gasteiger charge is -2.35. The lowest BCUT2D eigenvalue weighted by Crippen LogP contribution is -2.44. The molecule has 2 N–H and O–H groups in total. The summed E-state index contributed by atoms with van der Waals surface area (Å²) in [6.07, 6.45) is 3.63. The van der Waals surface area contributed by atoms with Gasteiger partial charge in [0.25, 0.3) is 0 Å². The fraction of sp³-hybridized carbons (Fsp3) is 0.933. The molecule has 6 nitrogen and oxygen atoms in total. The zero-order chi connectivity index (χ0) is 15.3. The molecule has 1 aliphatic heterocycles. The van der Waals surface area contributed by atoms with E-state index in [0.29, 0.717) is 12.6 Å². The highest BCUT2D eigenvalue weighted by Gasteiger charge is 2.40. The van der Waals surface area contributed by atoms with Crippen LogP contribution in [0.4, 0.5) is 4.79 Å². The first kappa shape index (κ1) is 16.5. The van der Waals surface area contributed by atoms with Crippen molar-refractivity contribution in [1.82, 2.24) is 10.6 Å². The summed E-state index contributed by atoms with van der Waals surface area (Å²) in [5.74, 6) is -0.299. The Labute approximate surface area is 126 Å². The summed E-state index contributed by atoms with van der Waals surface area (Å²) >= 11 is 0.